The van der Waals surface area contributed by atoms with Gasteiger partial charge in [-0.1, -0.05) is 18.2 Å². The summed E-state index contributed by atoms with van der Waals surface area (Å²) in [6, 6.07) is 8.61. The summed E-state index contributed by atoms with van der Waals surface area (Å²) >= 11 is 0. The van der Waals surface area contributed by atoms with E-state index in [1.807, 2.05) is 19.9 Å². The third-order valence-corrected chi connectivity index (χ3v) is 4.77. The number of aromatic amines is 1. The number of anilines is 1. The Bertz CT molecular complexity index is 1130. The quantitative estimate of drug-likeness (QED) is 0.331. The number of carbonyl (C=O) groups is 2. The van der Waals surface area contributed by atoms with Crippen molar-refractivity contribution in [1.82, 2.24) is 4.98 Å². The normalized spacial score (nSPS) is 15.5. The predicted octanol–water partition coefficient (Wildman–Crippen LogP) is 1.19. The molecule has 10 nitrogen and oxygen atoms in total. The van der Waals surface area contributed by atoms with Crippen molar-refractivity contribution in [2.24, 2.45) is 0 Å². The average Bonchev–Trinajstić information content (AvgIpc) is 3.13. The van der Waals surface area contributed by atoms with Crippen molar-refractivity contribution in [1.29, 1.82) is 0 Å². The van der Waals surface area contributed by atoms with E-state index < -0.39 is 41.7 Å². The first-order valence-corrected chi connectivity index (χ1v) is 10.2. The van der Waals surface area contributed by atoms with Crippen LogP contribution in [0.3, 0.4) is 0 Å². The molecule has 1 aliphatic rings. The van der Waals surface area contributed by atoms with Crippen molar-refractivity contribution in [3.63, 3.8) is 0 Å². The molecule has 1 aliphatic heterocycles. The summed E-state index contributed by atoms with van der Waals surface area (Å²) in [6.07, 6.45) is -0.907. The Kier molecular flexibility index (Phi) is 8.22. The minimum atomic E-state index is -4.74. The second-order valence-electron chi connectivity index (χ2n) is 6.71. The Labute approximate surface area is 201 Å². The van der Waals surface area contributed by atoms with E-state index in [1.165, 1.54) is 0 Å². The monoisotopic (exact) mass is 460 g/mol. The van der Waals surface area contributed by atoms with Crippen molar-refractivity contribution < 1.29 is 36.6 Å². The van der Waals surface area contributed by atoms with Crippen LogP contribution in [0.2, 0.25) is 0 Å². The van der Waals surface area contributed by atoms with Crippen LogP contribution in [0, 0.1) is 13.8 Å². The van der Waals surface area contributed by atoms with Crippen LogP contribution in [0.15, 0.2) is 30.3 Å². The van der Waals surface area contributed by atoms with E-state index in [1.54, 1.807) is 30.3 Å². The van der Waals surface area contributed by atoms with Gasteiger partial charge in [-0.25, -0.2) is 13.9 Å². The molecule has 0 saturated carbocycles. The van der Waals surface area contributed by atoms with Crippen LogP contribution >= 0.6 is 0 Å². The van der Waals surface area contributed by atoms with E-state index in [2.05, 4.69) is 9.17 Å². The van der Waals surface area contributed by atoms with Crippen molar-refractivity contribution in [3.05, 3.63) is 52.8 Å². The SMILES string of the molecule is Cc1cc(C)c(/C=C2\C(=O)N(C(=O)OCC(O)COS(=O)(=O)O)c3ccccc32)[nH]1.[NaH]. The molecule has 0 radical (unpaired) electrons. The van der Waals surface area contributed by atoms with E-state index in [9.17, 15) is 23.1 Å². The van der Waals surface area contributed by atoms with E-state index in [-0.39, 0.29) is 29.6 Å². The standard InChI is InChI=1S/C19H20N2O8S.Na.H/c1-11-7-12(2)20-16(11)8-15-14-5-3-4-6-17(14)21(18(15)23)19(24)28-9-13(22)10-29-30(25,26)27;;/h3-8,13,20,22H,9-10H2,1-2H3,(H,25,26,27);;/b15-8-;;. The molecule has 1 aromatic heterocycles. The number of fused-ring (bicyclic) bond motifs is 1. The maximum atomic E-state index is 13.0. The van der Waals surface area contributed by atoms with Gasteiger partial charge in [0.15, 0.2) is 0 Å². The van der Waals surface area contributed by atoms with Gasteiger partial charge in [0.1, 0.15) is 12.7 Å². The molecule has 31 heavy (non-hydrogen) atoms. The zero-order chi connectivity index (χ0) is 22.1. The number of para-hydroxylation sites is 1. The first-order valence-electron chi connectivity index (χ1n) is 8.85. The summed E-state index contributed by atoms with van der Waals surface area (Å²) in [5, 5.41) is 9.65. The Morgan fingerprint density at radius 2 is 1.94 bits per heavy atom. The fourth-order valence-corrected chi connectivity index (χ4v) is 3.38. The number of rotatable bonds is 6. The Balaban J connectivity index is 0.00000341. The van der Waals surface area contributed by atoms with Crippen LogP contribution in [0.1, 0.15) is 22.5 Å². The average molecular weight is 460 g/mol. The van der Waals surface area contributed by atoms with Crippen molar-refractivity contribution >= 4 is 69.3 Å². The number of aromatic nitrogens is 1. The number of carbonyl (C=O) groups excluding carboxylic acids is 2. The van der Waals surface area contributed by atoms with E-state index >= 15 is 0 Å². The fraction of sp³-hybridized carbons (Fsp3) is 0.263. The molecule has 3 N–H and O–H groups in total. The molecule has 12 heteroatoms. The number of aryl methyl sites for hydroxylation is 2. The number of ether oxygens (including phenoxy) is 1. The minimum absolute atomic E-state index is 0. The van der Waals surface area contributed by atoms with Crippen LogP contribution in [0.25, 0.3) is 11.6 Å². The molecule has 1 aromatic carbocycles. The first kappa shape index (κ1) is 25.3. The summed E-state index contributed by atoms with van der Waals surface area (Å²) in [4.78, 5) is 29.5. The Morgan fingerprint density at radius 3 is 2.55 bits per heavy atom. The van der Waals surface area contributed by atoms with Gasteiger partial charge in [0.2, 0.25) is 0 Å². The van der Waals surface area contributed by atoms with Crippen LogP contribution in [-0.4, -0.2) is 83.9 Å². The van der Waals surface area contributed by atoms with Gasteiger partial charge >= 0.3 is 46.0 Å². The first-order chi connectivity index (χ1) is 14.1. The second-order valence-corrected chi connectivity index (χ2v) is 7.80. The molecular weight excluding hydrogens is 439 g/mol. The molecule has 2 aromatic rings. The van der Waals surface area contributed by atoms with E-state index in [0.717, 1.165) is 21.9 Å². The molecule has 0 aliphatic carbocycles. The maximum absolute atomic E-state index is 13.0. The molecule has 0 saturated heterocycles. The predicted molar refractivity (Wildman–Crippen MR) is 114 cm³/mol. The van der Waals surface area contributed by atoms with Crippen LogP contribution in [0.5, 0.6) is 0 Å². The number of aliphatic hydroxyl groups is 1. The molecular formula is C19H21N2NaO8S. The van der Waals surface area contributed by atoms with Gasteiger partial charge in [0, 0.05) is 17.0 Å². The molecule has 0 bridgehead atoms. The van der Waals surface area contributed by atoms with Crippen molar-refractivity contribution in [3.8, 4) is 0 Å². The number of hydrogen-bond acceptors (Lipinski definition) is 7. The van der Waals surface area contributed by atoms with Gasteiger partial charge in [0.25, 0.3) is 5.91 Å². The van der Waals surface area contributed by atoms with Crippen LogP contribution < -0.4 is 4.90 Å². The molecule has 1 atom stereocenters. The molecule has 3 rings (SSSR count). The fourth-order valence-electron chi connectivity index (χ4n) is 3.05. The number of H-pyrrole nitrogens is 1. The van der Waals surface area contributed by atoms with Crippen molar-refractivity contribution in [2.45, 2.75) is 20.0 Å². The zero-order valence-corrected chi connectivity index (χ0v) is 17.0. The Hall–Kier alpha value is -1.99. The summed E-state index contributed by atoms with van der Waals surface area (Å²) in [6.45, 7) is 2.32. The van der Waals surface area contributed by atoms with Crippen molar-refractivity contribution in [2.75, 3.05) is 18.1 Å². The molecule has 162 valence electrons. The zero-order valence-electron chi connectivity index (χ0n) is 16.2. The van der Waals surface area contributed by atoms with Gasteiger partial charge in [-0.3, -0.25) is 9.35 Å². The van der Waals surface area contributed by atoms with E-state index in [4.69, 9.17) is 9.29 Å². The van der Waals surface area contributed by atoms with Crippen LogP contribution in [0.4, 0.5) is 10.5 Å². The van der Waals surface area contributed by atoms with Gasteiger partial charge in [-0.05, 0) is 37.6 Å². The molecule has 0 spiro atoms. The molecule has 0 fully saturated rings. The number of benzene rings is 1. The summed E-state index contributed by atoms with van der Waals surface area (Å²) in [5.41, 5.74) is 3.76. The number of amides is 2. The number of hydrogen-bond donors (Lipinski definition) is 3. The number of nitrogens with one attached hydrogen (secondary N) is 1. The topological polar surface area (TPSA) is 146 Å². The van der Waals surface area contributed by atoms with Gasteiger partial charge in [0.05, 0.1) is 17.9 Å². The molecule has 2 amide bonds. The second kappa shape index (κ2) is 10.1. The van der Waals surface area contributed by atoms with Gasteiger partial charge in [-0.2, -0.15) is 8.42 Å². The summed E-state index contributed by atoms with van der Waals surface area (Å²) in [5.74, 6) is -0.600. The molecule has 2 heterocycles. The summed E-state index contributed by atoms with van der Waals surface area (Å²) in [7, 11) is -4.74. The van der Waals surface area contributed by atoms with E-state index in [0.29, 0.717) is 16.8 Å². The van der Waals surface area contributed by atoms with Gasteiger partial charge in [-0.15, -0.1) is 0 Å². The van der Waals surface area contributed by atoms with Crippen LogP contribution in [-0.2, 0) is 24.1 Å². The number of aliphatic hydroxyl groups excluding tert-OH is 1. The number of nitrogens with zero attached hydrogens (tertiary/aromatic N) is 1. The third kappa shape index (κ3) is 6.04. The van der Waals surface area contributed by atoms with Gasteiger partial charge < -0.3 is 14.8 Å². The Morgan fingerprint density at radius 1 is 1.26 bits per heavy atom. The summed E-state index contributed by atoms with van der Waals surface area (Å²) < 4.78 is 38.5. The third-order valence-electron chi connectivity index (χ3n) is 4.34. The molecule has 1 unspecified atom stereocenters. The number of imide groups is 1.